The van der Waals surface area contributed by atoms with Gasteiger partial charge in [-0.1, -0.05) is 19.3 Å². The average Bonchev–Trinajstić information content (AvgIpc) is 2.61. The molecule has 0 aromatic heterocycles. The fourth-order valence-electron chi connectivity index (χ4n) is 2.72. The van der Waals surface area contributed by atoms with E-state index in [1.807, 2.05) is 0 Å². The lowest BCUT2D eigenvalue weighted by molar-refractivity contribution is -0.135. The van der Waals surface area contributed by atoms with Gasteiger partial charge in [0, 0.05) is 27.1 Å². The number of ether oxygens (including phenoxy) is 1. The summed E-state index contributed by atoms with van der Waals surface area (Å²) in [5.74, 6) is -1.58. The Morgan fingerprint density at radius 3 is 2.24 bits per heavy atom. The van der Waals surface area contributed by atoms with Crippen LogP contribution in [-0.2, 0) is 10.0 Å². The molecule has 0 saturated heterocycles. The van der Waals surface area contributed by atoms with Crippen molar-refractivity contribution in [3.63, 3.8) is 0 Å². The van der Waals surface area contributed by atoms with Crippen LogP contribution in [0.5, 0.6) is 5.75 Å². The number of hydrogen-bond acceptors (Lipinski definition) is 5. The van der Waals surface area contributed by atoms with E-state index in [1.165, 1.54) is 33.3 Å². The van der Waals surface area contributed by atoms with Crippen LogP contribution in [0.15, 0.2) is 17.0 Å². The molecule has 1 aromatic rings. The minimum Gasteiger partial charge on any atom is -0.494 e. The zero-order chi connectivity index (χ0) is 22.2. The summed E-state index contributed by atoms with van der Waals surface area (Å²) in [5.41, 5.74) is -0.0687. The van der Waals surface area contributed by atoms with Crippen LogP contribution >= 0.6 is 0 Å². The zero-order valence-corrected chi connectivity index (χ0v) is 17.5. The number of hydrogen-bond donors (Lipinski definition) is 2. The van der Waals surface area contributed by atoms with Crippen LogP contribution < -0.4 is 10.1 Å². The lowest BCUT2D eigenvalue weighted by Crippen LogP contribution is -2.25. The van der Waals surface area contributed by atoms with E-state index in [0.717, 1.165) is 4.31 Å². The van der Waals surface area contributed by atoms with Gasteiger partial charge in [0.25, 0.3) is 0 Å². The second kappa shape index (κ2) is 10.7. The third-order valence-corrected chi connectivity index (χ3v) is 6.12. The second-order valence-corrected chi connectivity index (χ2v) is 8.76. The van der Waals surface area contributed by atoms with E-state index < -0.39 is 28.6 Å². The van der Waals surface area contributed by atoms with E-state index in [1.54, 1.807) is 0 Å². The highest BCUT2D eigenvalue weighted by atomic mass is 32.2. The van der Waals surface area contributed by atoms with Crippen molar-refractivity contribution in [2.24, 2.45) is 0 Å². The SMILES string of the molecule is COc1c(C(=O)O)ccc(NCCCCCCCC(F)(F)F)c1S(=O)(=O)N(C)C. The number of anilines is 1. The number of rotatable bonds is 12. The number of sulfonamides is 1. The molecule has 1 rings (SSSR count). The quantitative estimate of drug-likeness (QED) is 0.478. The van der Waals surface area contributed by atoms with Crippen molar-refractivity contribution in [2.45, 2.75) is 49.6 Å². The number of carboxylic acids is 1. The van der Waals surface area contributed by atoms with Crippen LogP contribution in [0.4, 0.5) is 18.9 Å². The van der Waals surface area contributed by atoms with Crippen LogP contribution in [0.3, 0.4) is 0 Å². The Morgan fingerprint density at radius 2 is 1.72 bits per heavy atom. The Hall–Kier alpha value is -2.01. The first-order valence-corrected chi connectivity index (χ1v) is 10.5. The summed E-state index contributed by atoms with van der Waals surface area (Å²) in [7, 11) is -0.151. The van der Waals surface area contributed by atoms with Gasteiger partial charge in [-0.25, -0.2) is 17.5 Å². The van der Waals surface area contributed by atoms with Crippen molar-refractivity contribution in [3.05, 3.63) is 17.7 Å². The van der Waals surface area contributed by atoms with E-state index in [0.29, 0.717) is 32.2 Å². The van der Waals surface area contributed by atoms with Gasteiger partial charge in [-0.15, -0.1) is 0 Å². The maximum atomic E-state index is 12.7. The number of alkyl halides is 3. The Morgan fingerprint density at radius 1 is 1.14 bits per heavy atom. The molecule has 1 aromatic carbocycles. The van der Waals surface area contributed by atoms with Crippen LogP contribution in [0.2, 0.25) is 0 Å². The van der Waals surface area contributed by atoms with Crippen molar-refractivity contribution in [1.82, 2.24) is 4.31 Å². The van der Waals surface area contributed by atoms with Crippen molar-refractivity contribution in [1.29, 1.82) is 0 Å². The molecular weight excluding hydrogens is 413 g/mol. The topological polar surface area (TPSA) is 95.9 Å². The van der Waals surface area contributed by atoms with E-state index in [2.05, 4.69) is 5.32 Å². The Bertz CT molecular complexity index is 795. The number of halogens is 3. The Labute approximate surface area is 168 Å². The minimum atomic E-state index is -4.13. The summed E-state index contributed by atoms with van der Waals surface area (Å²) in [4.78, 5) is 11.1. The summed E-state index contributed by atoms with van der Waals surface area (Å²) >= 11 is 0. The van der Waals surface area contributed by atoms with Crippen molar-refractivity contribution in [2.75, 3.05) is 33.1 Å². The predicted octanol–water partition coefficient (Wildman–Crippen LogP) is 3.96. The lowest BCUT2D eigenvalue weighted by Gasteiger charge is -2.20. The molecule has 0 fully saturated rings. The number of carboxylic acid groups (broad SMARTS) is 1. The monoisotopic (exact) mass is 440 g/mol. The standard InChI is InChI=1S/C18H27F3N2O5S/c1-23(2)29(26,27)16-14(10-9-13(17(24)25)15(16)28-3)22-12-8-6-4-5-7-11-18(19,20)21/h9-10,22H,4-8,11-12H2,1-3H3,(H,24,25). The molecule has 0 unspecified atom stereocenters. The molecule has 0 atom stereocenters. The number of carbonyl (C=O) groups is 1. The first kappa shape index (κ1) is 25.0. The molecule has 29 heavy (non-hydrogen) atoms. The van der Waals surface area contributed by atoms with E-state index in [-0.39, 0.29) is 28.3 Å². The average molecular weight is 440 g/mol. The number of methoxy groups -OCH3 is 1. The van der Waals surface area contributed by atoms with Gasteiger partial charge in [0.05, 0.1) is 12.8 Å². The van der Waals surface area contributed by atoms with Gasteiger partial charge in [0.2, 0.25) is 10.0 Å². The highest BCUT2D eigenvalue weighted by Gasteiger charge is 2.30. The van der Waals surface area contributed by atoms with E-state index in [9.17, 15) is 31.5 Å². The van der Waals surface area contributed by atoms with Crippen LogP contribution in [-0.4, -0.2) is 57.7 Å². The normalized spacial score (nSPS) is 12.2. The Balaban J connectivity index is 2.83. The maximum absolute atomic E-state index is 12.7. The number of nitrogens with one attached hydrogen (secondary N) is 1. The second-order valence-electron chi connectivity index (χ2n) is 6.68. The molecule has 0 spiro atoms. The van der Waals surface area contributed by atoms with Gasteiger partial charge in [-0.3, -0.25) is 0 Å². The number of nitrogens with zero attached hydrogens (tertiary/aromatic N) is 1. The fourth-order valence-corrected chi connectivity index (χ4v) is 3.93. The summed E-state index contributed by atoms with van der Waals surface area (Å²) in [6, 6.07) is 2.63. The summed E-state index contributed by atoms with van der Waals surface area (Å²) in [6.45, 7) is 0.380. The first-order chi connectivity index (χ1) is 13.4. The number of benzene rings is 1. The Kier molecular flexibility index (Phi) is 9.21. The summed E-state index contributed by atoms with van der Waals surface area (Å²) < 4.78 is 67.8. The zero-order valence-electron chi connectivity index (χ0n) is 16.7. The maximum Gasteiger partial charge on any atom is 0.389 e. The van der Waals surface area contributed by atoms with Gasteiger partial charge in [0.1, 0.15) is 10.5 Å². The molecular formula is C18H27F3N2O5S. The van der Waals surface area contributed by atoms with Gasteiger partial charge in [0.15, 0.2) is 5.75 Å². The van der Waals surface area contributed by atoms with Crippen molar-refractivity contribution in [3.8, 4) is 5.75 Å². The van der Waals surface area contributed by atoms with Crippen LogP contribution in [0, 0.1) is 0 Å². The van der Waals surface area contributed by atoms with Gasteiger partial charge in [-0.2, -0.15) is 13.2 Å². The molecule has 0 bridgehead atoms. The molecule has 0 aliphatic carbocycles. The van der Waals surface area contributed by atoms with Crippen LogP contribution in [0.25, 0.3) is 0 Å². The molecule has 166 valence electrons. The largest absolute Gasteiger partial charge is 0.494 e. The molecule has 0 aliphatic heterocycles. The predicted molar refractivity (Wildman–Crippen MR) is 103 cm³/mol. The third kappa shape index (κ3) is 7.39. The van der Waals surface area contributed by atoms with Gasteiger partial charge >= 0.3 is 12.1 Å². The van der Waals surface area contributed by atoms with E-state index >= 15 is 0 Å². The van der Waals surface area contributed by atoms with Crippen LogP contribution in [0.1, 0.15) is 48.9 Å². The molecule has 0 amide bonds. The highest BCUT2D eigenvalue weighted by Crippen LogP contribution is 2.36. The lowest BCUT2D eigenvalue weighted by atomic mass is 10.1. The number of aromatic carboxylic acids is 1. The van der Waals surface area contributed by atoms with Gasteiger partial charge in [-0.05, 0) is 25.0 Å². The molecule has 2 N–H and O–H groups in total. The molecule has 0 radical (unpaired) electrons. The molecule has 11 heteroatoms. The minimum absolute atomic E-state index is 0.0933. The fraction of sp³-hybridized carbons (Fsp3) is 0.611. The smallest absolute Gasteiger partial charge is 0.389 e. The van der Waals surface area contributed by atoms with E-state index in [4.69, 9.17) is 4.74 Å². The van der Waals surface area contributed by atoms with Gasteiger partial charge < -0.3 is 15.2 Å². The van der Waals surface area contributed by atoms with Crippen molar-refractivity contribution >= 4 is 21.7 Å². The highest BCUT2D eigenvalue weighted by molar-refractivity contribution is 7.89. The molecule has 0 saturated carbocycles. The molecule has 0 aliphatic rings. The first-order valence-electron chi connectivity index (χ1n) is 9.09. The molecule has 0 heterocycles. The number of unbranched alkanes of at least 4 members (excludes halogenated alkanes) is 4. The van der Waals surface area contributed by atoms with Crippen molar-refractivity contribution < 1.29 is 36.2 Å². The summed E-state index contributed by atoms with van der Waals surface area (Å²) in [5, 5.41) is 12.3. The summed E-state index contributed by atoms with van der Waals surface area (Å²) in [6.07, 6.45) is -2.40. The third-order valence-electron chi connectivity index (χ3n) is 4.24. The molecule has 7 nitrogen and oxygen atoms in total.